The van der Waals surface area contributed by atoms with Crippen LogP contribution in [0.15, 0.2) is 64.2 Å². The number of benzene rings is 1. The lowest BCUT2D eigenvalue weighted by molar-refractivity contribution is -0.133. The molecule has 2 saturated heterocycles. The van der Waals surface area contributed by atoms with E-state index < -0.39 is 10.8 Å². The summed E-state index contributed by atoms with van der Waals surface area (Å²) in [6.45, 7) is 1.58. The van der Waals surface area contributed by atoms with Crippen LogP contribution in [0.25, 0.3) is 0 Å². The summed E-state index contributed by atoms with van der Waals surface area (Å²) in [5, 5.41) is 6.83. The Morgan fingerprint density at radius 1 is 1.12 bits per heavy atom. The van der Waals surface area contributed by atoms with Gasteiger partial charge >= 0.3 is 0 Å². The summed E-state index contributed by atoms with van der Waals surface area (Å²) in [4.78, 5) is 32.5. The van der Waals surface area contributed by atoms with Gasteiger partial charge in [0.05, 0.1) is 10.7 Å². The van der Waals surface area contributed by atoms with Gasteiger partial charge in [0.2, 0.25) is 5.91 Å². The second-order valence-electron chi connectivity index (χ2n) is 8.75. The van der Waals surface area contributed by atoms with Gasteiger partial charge in [0.25, 0.3) is 0 Å². The van der Waals surface area contributed by atoms with E-state index in [1.807, 2.05) is 53.2 Å². The molecular weight excluding hydrogens is 488 g/mol. The van der Waals surface area contributed by atoms with Crippen molar-refractivity contribution in [3.05, 3.63) is 81.3 Å². The summed E-state index contributed by atoms with van der Waals surface area (Å²) in [7, 11) is 0. The number of halogens is 1. The molecule has 0 spiro atoms. The molecule has 176 valence electrons. The molecule has 4 heterocycles. The first-order valence-corrected chi connectivity index (χ1v) is 13.6. The largest absolute Gasteiger partial charge is 0.381 e. The predicted octanol–water partition coefficient (Wildman–Crippen LogP) is 5.26. The molecule has 3 aromatic rings. The molecule has 2 aromatic heterocycles. The maximum Gasteiger partial charge on any atom is 0.242 e. The Hall–Kier alpha value is -2.19. The first kappa shape index (κ1) is 23.5. The van der Waals surface area contributed by atoms with Crippen molar-refractivity contribution in [2.24, 2.45) is 5.92 Å². The van der Waals surface area contributed by atoms with Crippen molar-refractivity contribution in [3.8, 4) is 0 Å². The molecule has 2 unspecified atom stereocenters. The number of amides is 1. The quantitative estimate of drug-likeness (QED) is 0.456. The van der Waals surface area contributed by atoms with E-state index in [0.29, 0.717) is 16.6 Å². The van der Waals surface area contributed by atoms with Gasteiger partial charge in [-0.15, -0.1) is 11.8 Å². The van der Waals surface area contributed by atoms with Gasteiger partial charge in [-0.25, -0.2) is 0 Å². The number of ether oxygens (including phenoxy) is 1. The van der Waals surface area contributed by atoms with Crippen LogP contribution in [0.3, 0.4) is 0 Å². The Morgan fingerprint density at radius 3 is 2.68 bits per heavy atom. The number of thiophene rings is 1. The van der Waals surface area contributed by atoms with Gasteiger partial charge in [-0.3, -0.25) is 14.6 Å². The highest BCUT2D eigenvalue weighted by Gasteiger charge is 2.48. The second kappa shape index (κ2) is 10.2. The normalized spacial score (nSPS) is 23.6. The number of thioether (sulfide) groups is 1. The van der Waals surface area contributed by atoms with Crippen molar-refractivity contribution in [2.75, 3.05) is 13.2 Å². The maximum absolute atomic E-state index is 13.4. The standard InChI is InChI=1S/C26H25ClN2O3S2/c27-20-5-1-2-6-22(20)34-24-21(30)15-26(29-25(24)31,18-10-13-33-16-18)23-7-3-4-19(28-23)14-17-8-11-32-12-9-17/h1-7,10,13,16-17,24H,8-9,11-12,14-15H2,(H,29,31). The molecule has 1 amide bonds. The molecular formula is C26H25ClN2O3S2. The van der Waals surface area contributed by atoms with Crippen molar-refractivity contribution in [1.82, 2.24) is 10.3 Å². The Labute approximate surface area is 212 Å². The highest BCUT2D eigenvalue weighted by atomic mass is 35.5. The number of carbonyl (C=O) groups is 2. The molecule has 0 bridgehead atoms. The first-order chi connectivity index (χ1) is 16.5. The van der Waals surface area contributed by atoms with E-state index in [4.69, 9.17) is 21.3 Å². The fourth-order valence-corrected chi connectivity index (χ4v) is 6.64. The van der Waals surface area contributed by atoms with Crippen molar-refractivity contribution in [2.45, 2.75) is 41.4 Å². The molecule has 5 nitrogen and oxygen atoms in total. The molecule has 8 heteroatoms. The Kier molecular flexibility index (Phi) is 7.06. The van der Waals surface area contributed by atoms with E-state index >= 15 is 0 Å². The zero-order valence-electron chi connectivity index (χ0n) is 18.5. The average Bonchev–Trinajstić information content (AvgIpc) is 3.39. The van der Waals surface area contributed by atoms with E-state index in [0.717, 1.165) is 48.6 Å². The molecule has 1 aromatic carbocycles. The summed E-state index contributed by atoms with van der Waals surface area (Å²) in [6.07, 6.45) is 3.06. The van der Waals surface area contributed by atoms with E-state index in [2.05, 4.69) is 5.32 Å². The highest BCUT2D eigenvalue weighted by molar-refractivity contribution is 8.01. The summed E-state index contributed by atoms with van der Waals surface area (Å²) in [5.74, 6) is 0.0908. The van der Waals surface area contributed by atoms with Crippen molar-refractivity contribution in [3.63, 3.8) is 0 Å². The number of hydrogen-bond donors (Lipinski definition) is 1. The lowest BCUT2D eigenvalue weighted by Gasteiger charge is -2.39. The van der Waals surface area contributed by atoms with Crippen molar-refractivity contribution in [1.29, 1.82) is 0 Å². The second-order valence-corrected chi connectivity index (χ2v) is 11.1. The Bertz CT molecular complexity index is 1160. The fraction of sp³-hybridized carbons (Fsp3) is 0.346. The van der Waals surface area contributed by atoms with Gasteiger partial charge in [-0.1, -0.05) is 29.8 Å². The number of ketones is 1. The van der Waals surface area contributed by atoms with Crippen molar-refractivity contribution >= 4 is 46.4 Å². The third kappa shape index (κ3) is 4.80. The number of pyridine rings is 1. The van der Waals surface area contributed by atoms with Crippen LogP contribution in [0, 0.1) is 5.92 Å². The maximum atomic E-state index is 13.4. The Balaban J connectivity index is 1.45. The third-order valence-electron chi connectivity index (χ3n) is 6.48. The fourth-order valence-electron chi connectivity index (χ4n) is 4.67. The summed E-state index contributed by atoms with van der Waals surface area (Å²) < 4.78 is 5.49. The molecule has 1 N–H and O–H groups in total. The Morgan fingerprint density at radius 2 is 1.94 bits per heavy atom. The summed E-state index contributed by atoms with van der Waals surface area (Å²) in [6, 6.07) is 15.2. The molecule has 2 fully saturated rings. The van der Waals surface area contributed by atoms with E-state index in [1.54, 1.807) is 17.4 Å². The van der Waals surface area contributed by atoms with Gasteiger partial charge in [0.15, 0.2) is 5.78 Å². The topological polar surface area (TPSA) is 68.3 Å². The molecule has 0 radical (unpaired) electrons. The van der Waals surface area contributed by atoms with E-state index in [9.17, 15) is 9.59 Å². The molecule has 34 heavy (non-hydrogen) atoms. The number of aromatic nitrogens is 1. The molecule has 0 saturated carbocycles. The van der Waals surface area contributed by atoms with Crippen molar-refractivity contribution < 1.29 is 14.3 Å². The molecule has 2 aliphatic heterocycles. The molecule has 0 aliphatic carbocycles. The predicted molar refractivity (Wildman–Crippen MR) is 135 cm³/mol. The van der Waals surface area contributed by atoms with Gasteiger partial charge < -0.3 is 10.1 Å². The molecule has 5 rings (SSSR count). The zero-order valence-corrected chi connectivity index (χ0v) is 20.9. The number of nitrogens with zero attached hydrogens (tertiary/aromatic N) is 1. The third-order valence-corrected chi connectivity index (χ3v) is 8.93. The number of rotatable bonds is 6. The smallest absolute Gasteiger partial charge is 0.242 e. The minimum atomic E-state index is -0.975. The first-order valence-electron chi connectivity index (χ1n) is 11.4. The molecule has 2 atom stereocenters. The van der Waals surface area contributed by atoms with Gasteiger partial charge in [0.1, 0.15) is 10.8 Å². The van der Waals surface area contributed by atoms with Crippen LogP contribution < -0.4 is 5.32 Å². The lowest BCUT2D eigenvalue weighted by Crippen LogP contribution is -2.58. The summed E-state index contributed by atoms with van der Waals surface area (Å²) in [5.41, 5.74) is 1.60. The summed E-state index contributed by atoms with van der Waals surface area (Å²) >= 11 is 9.03. The van der Waals surface area contributed by atoms with Crippen LogP contribution in [0.2, 0.25) is 5.02 Å². The van der Waals surface area contributed by atoms with Gasteiger partial charge in [-0.05, 0) is 71.8 Å². The van der Waals surface area contributed by atoms with Crippen LogP contribution >= 0.6 is 34.7 Å². The zero-order chi connectivity index (χ0) is 23.5. The molecule has 2 aliphatic rings. The van der Waals surface area contributed by atoms with Gasteiger partial charge in [-0.2, -0.15) is 11.3 Å². The number of hydrogen-bond acceptors (Lipinski definition) is 6. The SMILES string of the molecule is O=C1CC(c2ccsc2)(c2cccc(CC3CCOCC3)n2)NC(=O)C1Sc1ccccc1Cl. The lowest BCUT2D eigenvalue weighted by atomic mass is 9.79. The minimum Gasteiger partial charge on any atom is -0.381 e. The van der Waals surface area contributed by atoms with Crippen LogP contribution in [-0.2, 0) is 26.3 Å². The average molecular weight is 513 g/mol. The minimum absolute atomic E-state index is 0.128. The number of Topliss-reactive ketones (excluding diaryl/α,β-unsaturated/α-hetero) is 1. The van der Waals surface area contributed by atoms with Crippen LogP contribution in [0.1, 0.15) is 36.2 Å². The van der Waals surface area contributed by atoms with Gasteiger partial charge in [0, 0.05) is 30.2 Å². The number of nitrogens with one attached hydrogen (secondary N) is 1. The van der Waals surface area contributed by atoms with Crippen LogP contribution in [-0.4, -0.2) is 35.1 Å². The van der Waals surface area contributed by atoms with E-state index in [-0.39, 0.29) is 18.1 Å². The highest BCUT2D eigenvalue weighted by Crippen LogP contribution is 2.41. The van der Waals surface area contributed by atoms with Crippen LogP contribution in [0.5, 0.6) is 0 Å². The monoisotopic (exact) mass is 512 g/mol. The number of piperidine rings is 1. The van der Waals surface area contributed by atoms with E-state index in [1.165, 1.54) is 11.8 Å². The van der Waals surface area contributed by atoms with Crippen LogP contribution in [0.4, 0.5) is 0 Å². The number of carbonyl (C=O) groups excluding carboxylic acids is 2.